The number of nitrogens with zero attached hydrogens (tertiary/aromatic N) is 2. The highest BCUT2D eigenvalue weighted by atomic mass is 16.5. The van der Waals surface area contributed by atoms with E-state index in [4.69, 9.17) is 4.74 Å². The molecule has 2 heterocycles. The predicted molar refractivity (Wildman–Crippen MR) is 95.5 cm³/mol. The minimum atomic E-state index is -0.425. The number of carbonyl (C=O) groups is 3. The molecule has 0 spiro atoms. The second kappa shape index (κ2) is 7.35. The van der Waals surface area contributed by atoms with Gasteiger partial charge in [-0.15, -0.1) is 0 Å². The Morgan fingerprint density at radius 3 is 2.46 bits per heavy atom. The smallest absolute Gasteiger partial charge is 0.242 e. The number of carbonyl (C=O) groups excluding carboxylic acids is 3. The van der Waals surface area contributed by atoms with Crippen molar-refractivity contribution in [3.8, 4) is 5.75 Å². The van der Waals surface area contributed by atoms with E-state index >= 15 is 0 Å². The molecule has 3 rings (SSSR count). The normalized spacial score (nSPS) is 24.3. The molecule has 2 fully saturated rings. The van der Waals surface area contributed by atoms with Gasteiger partial charge in [-0.2, -0.15) is 0 Å². The molecule has 2 aliphatic rings. The summed E-state index contributed by atoms with van der Waals surface area (Å²) in [6, 6.07) is 6.95. The van der Waals surface area contributed by atoms with E-state index in [2.05, 4.69) is 5.32 Å². The fourth-order valence-corrected chi connectivity index (χ4v) is 4.12. The summed E-state index contributed by atoms with van der Waals surface area (Å²) in [7, 11) is 3.19. The SMILES string of the molecule is CNC(=O)[C@H]1C[C@@H]2CN(C(=O)Cc3ccc(OC)cc3)C[C@@H]2N1C(C)=O. The van der Waals surface area contributed by atoms with Crippen molar-refractivity contribution in [3.05, 3.63) is 29.8 Å². The number of hydrogen-bond donors (Lipinski definition) is 1. The first-order chi connectivity index (χ1) is 12.4. The molecule has 0 bridgehead atoms. The van der Waals surface area contributed by atoms with Gasteiger partial charge in [-0.1, -0.05) is 12.1 Å². The maximum Gasteiger partial charge on any atom is 0.242 e. The fraction of sp³-hybridized carbons (Fsp3) is 0.526. The zero-order valence-electron chi connectivity index (χ0n) is 15.4. The zero-order chi connectivity index (χ0) is 18.8. The number of hydrogen-bond acceptors (Lipinski definition) is 4. The Morgan fingerprint density at radius 2 is 1.88 bits per heavy atom. The van der Waals surface area contributed by atoms with Crippen LogP contribution < -0.4 is 10.1 Å². The molecule has 0 radical (unpaired) electrons. The maximum absolute atomic E-state index is 12.7. The van der Waals surface area contributed by atoms with Gasteiger partial charge in [-0.05, 0) is 24.1 Å². The average molecular weight is 359 g/mol. The van der Waals surface area contributed by atoms with Crippen molar-refractivity contribution in [1.29, 1.82) is 0 Å². The van der Waals surface area contributed by atoms with Crippen LogP contribution >= 0.6 is 0 Å². The molecule has 3 amide bonds. The van der Waals surface area contributed by atoms with Gasteiger partial charge in [-0.3, -0.25) is 14.4 Å². The minimum Gasteiger partial charge on any atom is -0.497 e. The van der Waals surface area contributed by atoms with E-state index < -0.39 is 6.04 Å². The Balaban J connectivity index is 1.65. The molecule has 140 valence electrons. The Morgan fingerprint density at radius 1 is 1.19 bits per heavy atom. The summed E-state index contributed by atoms with van der Waals surface area (Å²) in [6.07, 6.45) is 0.929. The highest BCUT2D eigenvalue weighted by Crippen LogP contribution is 2.36. The molecule has 0 aromatic heterocycles. The van der Waals surface area contributed by atoms with Crippen LogP contribution in [0.5, 0.6) is 5.75 Å². The molecular formula is C19H25N3O4. The van der Waals surface area contributed by atoms with Crippen LogP contribution in [0.3, 0.4) is 0 Å². The number of ether oxygens (including phenoxy) is 1. The molecule has 0 unspecified atom stereocenters. The molecular weight excluding hydrogens is 334 g/mol. The summed E-state index contributed by atoms with van der Waals surface area (Å²) < 4.78 is 5.13. The van der Waals surface area contributed by atoms with E-state index in [1.807, 2.05) is 29.2 Å². The summed E-state index contributed by atoms with van der Waals surface area (Å²) in [6.45, 7) is 2.57. The largest absolute Gasteiger partial charge is 0.497 e. The van der Waals surface area contributed by atoms with Gasteiger partial charge in [-0.25, -0.2) is 0 Å². The van der Waals surface area contributed by atoms with Gasteiger partial charge < -0.3 is 19.9 Å². The number of likely N-dealkylation sites (N-methyl/N-ethyl adjacent to an activating group) is 1. The molecule has 1 aromatic rings. The van der Waals surface area contributed by atoms with Crippen molar-refractivity contribution < 1.29 is 19.1 Å². The van der Waals surface area contributed by atoms with Crippen molar-refractivity contribution in [2.45, 2.75) is 31.8 Å². The van der Waals surface area contributed by atoms with E-state index in [0.29, 0.717) is 25.9 Å². The molecule has 26 heavy (non-hydrogen) atoms. The second-order valence-electron chi connectivity index (χ2n) is 6.94. The van der Waals surface area contributed by atoms with Crippen molar-refractivity contribution in [2.24, 2.45) is 5.92 Å². The van der Waals surface area contributed by atoms with Crippen molar-refractivity contribution in [2.75, 3.05) is 27.2 Å². The van der Waals surface area contributed by atoms with Crippen LogP contribution in [0.1, 0.15) is 18.9 Å². The number of benzene rings is 1. The van der Waals surface area contributed by atoms with E-state index in [1.54, 1.807) is 19.1 Å². The van der Waals surface area contributed by atoms with Crippen molar-refractivity contribution >= 4 is 17.7 Å². The number of likely N-dealkylation sites (tertiary alicyclic amines) is 2. The van der Waals surface area contributed by atoms with Gasteiger partial charge >= 0.3 is 0 Å². The van der Waals surface area contributed by atoms with Crippen LogP contribution in [-0.2, 0) is 20.8 Å². The maximum atomic E-state index is 12.7. The number of rotatable bonds is 4. The minimum absolute atomic E-state index is 0.0459. The molecule has 7 nitrogen and oxygen atoms in total. The van der Waals surface area contributed by atoms with Crippen molar-refractivity contribution in [3.63, 3.8) is 0 Å². The second-order valence-corrected chi connectivity index (χ2v) is 6.94. The number of methoxy groups -OCH3 is 1. The zero-order valence-corrected chi connectivity index (χ0v) is 15.4. The Labute approximate surface area is 153 Å². The van der Waals surface area contributed by atoms with E-state index in [9.17, 15) is 14.4 Å². The lowest BCUT2D eigenvalue weighted by molar-refractivity contribution is -0.139. The van der Waals surface area contributed by atoms with Gasteiger partial charge in [0.1, 0.15) is 11.8 Å². The lowest BCUT2D eigenvalue weighted by Gasteiger charge is -2.28. The third-order valence-electron chi connectivity index (χ3n) is 5.41. The summed E-state index contributed by atoms with van der Waals surface area (Å²) in [4.78, 5) is 40.3. The van der Waals surface area contributed by atoms with Gasteiger partial charge in [0.15, 0.2) is 0 Å². The monoisotopic (exact) mass is 359 g/mol. The third-order valence-corrected chi connectivity index (χ3v) is 5.41. The first-order valence-electron chi connectivity index (χ1n) is 8.85. The lowest BCUT2D eigenvalue weighted by atomic mass is 10.0. The molecule has 3 atom stereocenters. The average Bonchev–Trinajstić information content (AvgIpc) is 3.19. The summed E-state index contributed by atoms with van der Waals surface area (Å²) in [5, 5.41) is 2.63. The van der Waals surface area contributed by atoms with E-state index in [-0.39, 0.29) is 29.7 Å². The summed E-state index contributed by atoms with van der Waals surface area (Å²) in [5.41, 5.74) is 0.930. The Kier molecular flexibility index (Phi) is 5.15. The van der Waals surface area contributed by atoms with Gasteiger partial charge in [0.05, 0.1) is 19.6 Å². The predicted octanol–water partition coefficient (Wildman–Crippen LogP) is 0.432. The first-order valence-corrected chi connectivity index (χ1v) is 8.85. The van der Waals surface area contributed by atoms with Gasteiger partial charge in [0.2, 0.25) is 17.7 Å². The molecule has 2 saturated heterocycles. The van der Waals surface area contributed by atoms with Gasteiger partial charge in [0.25, 0.3) is 0 Å². The van der Waals surface area contributed by atoms with Crippen LogP contribution in [0.15, 0.2) is 24.3 Å². The summed E-state index contributed by atoms with van der Waals surface area (Å²) in [5.74, 6) is 0.709. The first kappa shape index (κ1) is 18.2. The van der Waals surface area contributed by atoms with Crippen LogP contribution in [0, 0.1) is 5.92 Å². The van der Waals surface area contributed by atoms with Crippen LogP contribution in [-0.4, -0.2) is 66.9 Å². The van der Waals surface area contributed by atoms with Crippen molar-refractivity contribution in [1.82, 2.24) is 15.1 Å². The summed E-state index contributed by atoms with van der Waals surface area (Å²) >= 11 is 0. The fourth-order valence-electron chi connectivity index (χ4n) is 4.12. The molecule has 0 aliphatic carbocycles. The molecule has 2 aliphatic heterocycles. The van der Waals surface area contributed by atoms with Crippen LogP contribution in [0.4, 0.5) is 0 Å². The Bertz CT molecular complexity index is 703. The molecule has 1 N–H and O–H groups in total. The molecule has 7 heteroatoms. The standard InChI is InChI=1S/C19H25N3O4/c1-12(23)22-16(19(25)20-2)9-14-10-21(11-17(14)22)18(24)8-13-4-6-15(26-3)7-5-13/h4-7,14,16-17H,8-11H2,1-3H3,(H,20,25)/t14-,16-,17+/m1/s1. The van der Waals surface area contributed by atoms with Crippen LogP contribution in [0.25, 0.3) is 0 Å². The number of nitrogens with one attached hydrogen (secondary N) is 1. The number of fused-ring (bicyclic) bond motifs is 1. The molecule has 0 saturated carbocycles. The third kappa shape index (κ3) is 3.38. The topological polar surface area (TPSA) is 79.0 Å². The highest BCUT2D eigenvalue weighted by Gasteiger charge is 2.50. The quantitative estimate of drug-likeness (QED) is 0.846. The highest BCUT2D eigenvalue weighted by molar-refractivity contribution is 5.88. The van der Waals surface area contributed by atoms with E-state index in [1.165, 1.54) is 6.92 Å². The van der Waals surface area contributed by atoms with Gasteiger partial charge in [0, 0.05) is 33.0 Å². The number of amides is 3. The lowest BCUT2D eigenvalue weighted by Crippen LogP contribution is -2.49. The van der Waals surface area contributed by atoms with Crippen LogP contribution in [0.2, 0.25) is 0 Å². The van der Waals surface area contributed by atoms with E-state index in [0.717, 1.165) is 11.3 Å². The Hall–Kier alpha value is -2.57. The molecule has 1 aromatic carbocycles.